The van der Waals surface area contributed by atoms with Gasteiger partial charge in [0.05, 0.1) is 20.6 Å². The van der Waals surface area contributed by atoms with Gasteiger partial charge in [-0.15, -0.1) is 11.8 Å². The molecule has 1 unspecified atom stereocenters. The van der Waals surface area contributed by atoms with E-state index in [9.17, 15) is 24.0 Å². The van der Waals surface area contributed by atoms with E-state index in [-0.39, 0.29) is 38.4 Å². The molecule has 1 saturated heterocycles. The highest BCUT2D eigenvalue weighted by atomic mass is 32.2. The number of hydrogen-bond donors (Lipinski definition) is 2. The normalized spacial score (nSPS) is 18.3. The standard InChI is InChI=1S/C18H28N2O9S/c1-18(2)10-28-17(25)29-14(18)15(23)20-6-5-12(21)19-7-8-30-11(16(24)27-4)9-13(22)26-3/h11,14H,5-10H2,1-4H3,(H,19,21)(H,20,23)/t11?,14-/m0/s1. The van der Waals surface area contributed by atoms with Crippen molar-refractivity contribution in [1.29, 1.82) is 0 Å². The van der Waals surface area contributed by atoms with Gasteiger partial charge < -0.3 is 29.6 Å². The van der Waals surface area contributed by atoms with E-state index < -0.39 is 40.8 Å². The number of cyclic esters (lactones) is 2. The van der Waals surface area contributed by atoms with Gasteiger partial charge in [-0.25, -0.2) is 4.79 Å². The number of amides is 2. The monoisotopic (exact) mass is 448 g/mol. The molecule has 170 valence electrons. The predicted octanol–water partition coefficient (Wildman–Crippen LogP) is 0.00840. The highest BCUT2D eigenvalue weighted by Gasteiger charge is 2.43. The molecule has 0 aromatic heterocycles. The topological polar surface area (TPSA) is 146 Å². The first-order valence-electron chi connectivity index (χ1n) is 9.24. The maximum atomic E-state index is 12.2. The Hall–Kier alpha value is -2.50. The number of hydrogen-bond acceptors (Lipinski definition) is 10. The van der Waals surface area contributed by atoms with Crippen molar-refractivity contribution in [3.63, 3.8) is 0 Å². The third-order valence-corrected chi connectivity index (χ3v) is 5.36. The average molecular weight is 448 g/mol. The highest BCUT2D eigenvalue weighted by Crippen LogP contribution is 2.28. The zero-order valence-electron chi connectivity index (χ0n) is 17.5. The Morgan fingerprint density at radius 3 is 2.50 bits per heavy atom. The van der Waals surface area contributed by atoms with Crippen molar-refractivity contribution in [3.05, 3.63) is 0 Å². The zero-order chi connectivity index (χ0) is 22.7. The van der Waals surface area contributed by atoms with Crippen molar-refractivity contribution in [2.75, 3.05) is 39.7 Å². The lowest BCUT2D eigenvalue weighted by Gasteiger charge is -2.35. The number of thioether (sulfide) groups is 1. The lowest BCUT2D eigenvalue weighted by atomic mass is 9.86. The molecule has 1 heterocycles. The Kier molecular flexibility index (Phi) is 10.4. The molecule has 1 aliphatic heterocycles. The van der Waals surface area contributed by atoms with E-state index >= 15 is 0 Å². The van der Waals surface area contributed by atoms with E-state index in [1.807, 2.05) is 0 Å². The molecule has 1 rings (SSSR count). The van der Waals surface area contributed by atoms with Gasteiger partial charge in [-0.05, 0) is 0 Å². The Morgan fingerprint density at radius 2 is 1.87 bits per heavy atom. The summed E-state index contributed by atoms with van der Waals surface area (Å²) in [6, 6.07) is 0. The smallest absolute Gasteiger partial charge is 0.469 e. The summed E-state index contributed by atoms with van der Waals surface area (Å²) in [6.07, 6.45) is -2.00. The van der Waals surface area contributed by atoms with Gasteiger partial charge >= 0.3 is 18.1 Å². The minimum atomic E-state index is -0.997. The average Bonchev–Trinajstić information content (AvgIpc) is 2.70. The summed E-state index contributed by atoms with van der Waals surface area (Å²) in [5.41, 5.74) is -0.683. The van der Waals surface area contributed by atoms with E-state index in [2.05, 4.69) is 20.1 Å². The van der Waals surface area contributed by atoms with Crippen molar-refractivity contribution < 1.29 is 42.9 Å². The van der Waals surface area contributed by atoms with Crippen LogP contribution in [-0.2, 0) is 38.1 Å². The van der Waals surface area contributed by atoms with Crippen molar-refractivity contribution in [3.8, 4) is 0 Å². The summed E-state index contributed by atoms with van der Waals surface area (Å²) in [6.45, 7) is 3.85. The first kappa shape index (κ1) is 25.5. The van der Waals surface area contributed by atoms with Crippen LogP contribution in [0.2, 0.25) is 0 Å². The Labute approximate surface area is 178 Å². The third-order valence-electron chi connectivity index (χ3n) is 4.16. The third kappa shape index (κ3) is 8.47. The van der Waals surface area contributed by atoms with Crippen LogP contribution in [0.3, 0.4) is 0 Å². The van der Waals surface area contributed by atoms with Crippen LogP contribution in [0, 0.1) is 5.41 Å². The molecule has 2 atom stereocenters. The lowest BCUT2D eigenvalue weighted by molar-refractivity contribution is -0.149. The van der Waals surface area contributed by atoms with Gasteiger partial charge in [0.1, 0.15) is 11.9 Å². The van der Waals surface area contributed by atoms with Gasteiger partial charge in [0.2, 0.25) is 5.91 Å². The summed E-state index contributed by atoms with van der Waals surface area (Å²) < 4.78 is 18.9. The van der Waals surface area contributed by atoms with E-state index in [0.29, 0.717) is 5.75 Å². The summed E-state index contributed by atoms with van der Waals surface area (Å²) in [7, 11) is 2.46. The number of ether oxygens (including phenoxy) is 4. The second kappa shape index (κ2) is 12.3. The first-order valence-corrected chi connectivity index (χ1v) is 10.3. The largest absolute Gasteiger partial charge is 0.509 e. The van der Waals surface area contributed by atoms with Gasteiger partial charge in [0.25, 0.3) is 5.91 Å². The maximum absolute atomic E-state index is 12.2. The van der Waals surface area contributed by atoms with E-state index in [1.54, 1.807) is 13.8 Å². The molecule has 0 radical (unpaired) electrons. The molecule has 30 heavy (non-hydrogen) atoms. The minimum Gasteiger partial charge on any atom is -0.469 e. The molecule has 1 aliphatic rings. The zero-order valence-corrected chi connectivity index (χ0v) is 18.3. The number of methoxy groups -OCH3 is 2. The van der Waals surface area contributed by atoms with Crippen molar-refractivity contribution in [2.24, 2.45) is 5.41 Å². The molecule has 0 saturated carbocycles. The molecule has 0 spiro atoms. The molecule has 2 N–H and O–H groups in total. The fourth-order valence-corrected chi connectivity index (χ4v) is 3.46. The predicted molar refractivity (Wildman–Crippen MR) is 106 cm³/mol. The molecule has 0 bridgehead atoms. The van der Waals surface area contributed by atoms with Gasteiger partial charge in [-0.3, -0.25) is 19.2 Å². The maximum Gasteiger partial charge on any atom is 0.509 e. The number of carbonyl (C=O) groups excluding carboxylic acids is 5. The second-order valence-corrected chi connectivity index (χ2v) is 8.39. The lowest BCUT2D eigenvalue weighted by Crippen LogP contribution is -2.52. The van der Waals surface area contributed by atoms with Crippen LogP contribution >= 0.6 is 11.8 Å². The van der Waals surface area contributed by atoms with Crippen LogP contribution in [0.5, 0.6) is 0 Å². The summed E-state index contributed by atoms with van der Waals surface area (Å²) in [4.78, 5) is 58.4. The quantitative estimate of drug-likeness (QED) is 0.252. The number of rotatable bonds is 11. The molecular formula is C18H28N2O9S. The van der Waals surface area contributed by atoms with Crippen LogP contribution in [0.1, 0.15) is 26.7 Å². The van der Waals surface area contributed by atoms with Crippen LogP contribution in [0.15, 0.2) is 0 Å². The van der Waals surface area contributed by atoms with Crippen molar-refractivity contribution >= 4 is 41.7 Å². The Morgan fingerprint density at radius 1 is 1.17 bits per heavy atom. The first-order chi connectivity index (χ1) is 14.1. The fraction of sp³-hybridized carbons (Fsp3) is 0.722. The van der Waals surface area contributed by atoms with Crippen LogP contribution < -0.4 is 10.6 Å². The molecule has 0 aromatic rings. The molecule has 0 aliphatic carbocycles. The molecule has 11 nitrogen and oxygen atoms in total. The van der Waals surface area contributed by atoms with Gasteiger partial charge in [0, 0.05) is 30.7 Å². The fourth-order valence-electron chi connectivity index (χ4n) is 2.47. The van der Waals surface area contributed by atoms with E-state index in [4.69, 9.17) is 9.47 Å². The van der Waals surface area contributed by atoms with Crippen molar-refractivity contribution in [1.82, 2.24) is 10.6 Å². The summed E-state index contributed by atoms with van der Waals surface area (Å²) in [5.74, 6) is -1.50. The van der Waals surface area contributed by atoms with Gasteiger partial charge in [-0.2, -0.15) is 0 Å². The van der Waals surface area contributed by atoms with Gasteiger partial charge in [0.15, 0.2) is 6.10 Å². The molecule has 12 heteroatoms. The van der Waals surface area contributed by atoms with Gasteiger partial charge in [-0.1, -0.05) is 13.8 Å². The van der Waals surface area contributed by atoms with E-state index in [0.717, 1.165) is 0 Å². The van der Waals surface area contributed by atoms with Crippen LogP contribution in [0.25, 0.3) is 0 Å². The molecule has 2 amide bonds. The molecular weight excluding hydrogens is 420 g/mol. The second-order valence-electron chi connectivity index (χ2n) is 7.08. The van der Waals surface area contributed by atoms with Crippen LogP contribution in [0.4, 0.5) is 4.79 Å². The van der Waals surface area contributed by atoms with Crippen molar-refractivity contribution in [2.45, 2.75) is 38.0 Å². The molecule has 1 fully saturated rings. The number of nitrogens with one attached hydrogen (secondary N) is 2. The SMILES string of the molecule is COC(=O)CC(SCCNC(=O)CCNC(=O)[C@@H]1OC(=O)OCC1(C)C)C(=O)OC. The molecule has 0 aromatic carbocycles. The minimum absolute atomic E-state index is 0.0244. The van der Waals surface area contributed by atoms with Crippen LogP contribution in [-0.4, -0.2) is 80.9 Å². The van der Waals surface area contributed by atoms with E-state index in [1.165, 1.54) is 26.0 Å². The Bertz CT molecular complexity index is 654. The Balaban J connectivity index is 2.29. The number of esters is 2. The number of carbonyl (C=O) groups is 5. The summed E-state index contributed by atoms with van der Waals surface area (Å²) in [5, 5.41) is 4.50. The summed E-state index contributed by atoms with van der Waals surface area (Å²) >= 11 is 1.17. The highest BCUT2D eigenvalue weighted by molar-refractivity contribution is 8.00.